The molecule has 1 aromatic rings. The summed E-state index contributed by atoms with van der Waals surface area (Å²) in [6, 6.07) is 4.00. The zero-order valence-electron chi connectivity index (χ0n) is 10.7. The zero-order valence-corrected chi connectivity index (χ0v) is 10.7. The largest absolute Gasteiger partial charge is 0.469 e. The molecule has 1 aliphatic carbocycles. The maximum atomic E-state index is 11.9. The topological polar surface area (TPSA) is 68.3 Å². The van der Waals surface area contributed by atoms with E-state index in [0.717, 1.165) is 25.0 Å². The van der Waals surface area contributed by atoms with E-state index in [0.29, 0.717) is 12.8 Å². The van der Waals surface area contributed by atoms with Crippen LogP contribution < -0.4 is 11.1 Å². The molecule has 4 heteroatoms. The first-order valence-corrected chi connectivity index (χ1v) is 6.83. The number of aryl methyl sites for hydroxylation is 1. The van der Waals surface area contributed by atoms with Gasteiger partial charge in [0.2, 0.25) is 5.91 Å². The SMILES string of the molecule is NC1CCCCCC1NC(=O)CCc1ccco1. The fourth-order valence-corrected chi connectivity index (χ4v) is 2.49. The Morgan fingerprint density at radius 1 is 1.39 bits per heavy atom. The highest BCUT2D eigenvalue weighted by atomic mass is 16.3. The third-order valence-electron chi connectivity index (χ3n) is 3.59. The van der Waals surface area contributed by atoms with E-state index in [9.17, 15) is 4.79 Å². The molecule has 1 amide bonds. The van der Waals surface area contributed by atoms with Crippen LogP contribution in [0, 0.1) is 0 Å². The van der Waals surface area contributed by atoms with Gasteiger partial charge in [0.15, 0.2) is 0 Å². The highest BCUT2D eigenvalue weighted by Gasteiger charge is 2.21. The van der Waals surface area contributed by atoms with Crippen molar-refractivity contribution in [2.45, 2.75) is 57.0 Å². The molecule has 2 unspecified atom stereocenters. The summed E-state index contributed by atoms with van der Waals surface area (Å²) in [5.41, 5.74) is 6.08. The van der Waals surface area contributed by atoms with Gasteiger partial charge in [0, 0.05) is 24.9 Å². The number of furan rings is 1. The Hall–Kier alpha value is -1.29. The van der Waals surface area contributed by atoms with Gasteiger partial charge in [-0.2, -0.15) is 0 Å². The summed E-state index contributed by atoms with van der Waals surface area (Å²) in [6.07, 6.45) is 8.35. The molecule has 0 aliphatic heterocycles. The second-order valence-electron chi connectivity index (χ2n) is 5.06. The van der Waals surface area contributed by atoms with Gasteiger partial charge in [-0.1, -0.05) is 19.3 Å². The van der Waals surface area contributed by atoms with Crippen molar-refractivity contribution in [2.24, 2.45) is 5.73 Å². The van der Waals surface area contributed by atoms with Gasteiger partial charge in [-0.3, -0.25) is 4.79 Å². The van der Waals surface area contributed by atoms with Crippen LogP contribution >= 0.6 is 0 Å². The molecule has 0 saturated heterocycles. The summed E-state index contributed by atoms with van der Waals surface area (Å²) in [7, 11) is 0. The first-order chi connectivity index (χ1) is 8.75. The van der Waals surface area contributed by atoms with Gasteiger partial charge in [0.25, 0.3) is 0 Å². The Kier molecular flexibility index (Phi) is 4.81. The van der Waals surface area contributed by atoms with E-state index in [1.54, 1.807) is 6.26 Å². The number of nitrogens with two attached hydrogens (primary N) is 1. The molecule has 0 aromatic carbocycles. The standard InChI is InChI=1S/C14H22N2O2/c15-12-6-2-1-3-7-13(12)16-14(17)9-8-11-5-4-10-18-11/h4-5,10,12-13H,1-3,6-9,15H2,(H,16,17). The van der Waals surface area contributed by atoms with Gasteiger partial charge in [0.05, 0.1) is 6.26 Å². The molecule has 1 saturated carbocycles. The molecule has 2 atom stereocenters. The molecule has 0 bridgehead atoms. The van der Waals surface area contributed by atoms with Crippen LogP contribution in [0.3, 0.4) is 0 Å². The molecule has 18 heavy (non-hydrogen) atoms. The summed E-state index contributed by atoms with van der Waals surface area (Å²) >= 11 is 0. The summed E-state index contributed by atoms with van der Waals surface area (Å²) in [6.45, 7) is 0. The van der Waals surface area contributed by atoms with Crippen molar-refractivity contribution < 1.29 is 9.21 Å². The molecule has 0 radical (unpaired) electrons. The maximum absolute atomic E-state index is 11.9. The summed E-state index contributed by atoms with van der Waals surface area (Å²) in [4.78, 5) is 11.9. The lowest BCUT2D eigenvalue weighted by atomic mass is 10.0. The van der Waals surface area contributed by atoms with Crippen molar-refractivity contribution in [3.63, 3.8) is 0 Å². The van der Waals surface area contributed by atoms with Crippen LogP contribution in [0.15, 0.2) is 22.8 Å². The van der Waals surface area contributed by atoms with Crippen LogP contribution in [0.4, 0.5) is 0 Å². The highest BCUT2D eigenvalue weighted by molar-refractivity contribution is 5.76. The monoisotopic (exact) mass is 250 g/mol. The van der Waals surface area contributed by atoms with E-state index in [2.05, 4.69) is 5.32 Å². The van der Waals surface area contributed by atoms with E-state index < -0.39 is 0 Å². The molecular weight excluding hydrogens is 228 g/mol. The summed E-state index contributed by atoms with van der Waals surface area (Å²) in [5.74, 6) is 0.934. The lowest BCUT2D eigenvalue weighted by Gasteiger charge is -2.22. The van der Waals surface area contributed by atoms with Gasteiger partial charge in [-0.05, 0) is 25.0 Å². The van der Waals surface area contributed by atoms with Gasteiger partial charge in [-0.25, -0.2) is 0 Å². The lowest BCUT2D eigenvalue weighted by Crippen LogP contribution is -2.47. The molecule has 4 nitrogen and oxygen atoms in total. The fraction of sp³-hybridized carbons (Fsp3) is 0.643. The van der Waals surface area contributed by atoms with Gasteiger partial charge in [0.1, 0.15) is 5.76 Å². The van der Waals surface area contributed by atoms with Gasteiger partial charge in [-0.15, -0.1) is 0 Å². The minimum absolute atomic E-state index is 0.0775. The smallest absolute Gasteiger partial charge is 0.220 e. The first kappa shape index (κ1) is 13.1. The first-order valence-electron chi connectivity index (χ1n) is 6.83. The normalized spacial score (nSPS) is 24.5. The highest BCUT2D eigenvalue weighted by Crippen LogP contribution is 2.17. The van der Waals surface area contributed by atoms with Crippen LogP contribution in [0.5, 0.6) is 0 Å². The van der Waals surface area contributed by atoms with Crippen LogP contribution in [-0.2, 0) is 11.2 Å². The molecule has 1 aliphatic rings. The molecule has 1 fully saturated rings. The Morgan fingerprint density at radius 3 is 3.00 bits per heavy atom. The second-order valence-corrected chi connectivity index (χ2v) is 5.06. The minimum atomic E-state index is 0.0775. The molecule has 100 valence electrons. The van der Waals surface area contributed by atoms with Crippen molar-refractivity contribution in [1.82, 2.24) is 5.32 Å². The van der Waals surface area contributed by atoms with E-state index >= 15 is 0 Å². The predicted octanol–water partition coefficient (Wildman–Crippen LogP) is 1.99. The molecule has 2 rings (SSSR count). The second kappa shape index (κ2) is 6.59. The minimum Gasteiger partial charge on any atom is -0.469 e. The molecule has 0 spiro atoms. The predicted molar refractivity (Wildman–Crippen MR) is 70.0 cm³/mol. The molecular formula is C14H22N2O2. The quantitative estimate of drug-likeness (QED) is 0.803. The van der Waals surface area contributed by atoms with E-state index in [1.807, 2.05) is 12.1 Å². The average Bonchev–Trinajstić information content (AvgIpc) is 2.80. The number of rotatable bonds is 4. The Balaban J connectivity index is 1.75. The number of nitrogens with one attached hydrogen (secondary N) is 1. The Labute approximate surface area is 108 Å². The zero-order chi connectivity index (χ0) is 12.8. The summed E-state index contributed by atoms with van der Waals surface area (Å²) < 4.78 is 5.21. The van der Waals surface area contributed by atoms with E-state index in [4.69, 9.17) is 10.2 Å². The molecule has 1 heterocycles. The van der Waals surface area contributed by atoms with Crippen molar-refractivity contribution in [3.05, 3.63) is 24.2 Å². The third kappa shape index (κ3) is 3.88. The van der Waals surface area contributed by atoms with Gasteiger partial charge < -0.3 is 15.5 Å². The molecule has 3 N–H and O–H groups in total. The number of amides is 1. The Bertz CT molecular complexity index is 362. The van der Waals surface area contributed by atoms with E-state index in [-0.39, 0.29) is 18.0 Å². The lowest BCUT2D eigenvalue weighted by molar-refractivity contribution is -0.122. The average molecular weight is 250 g/mol. The van der Waals surface area contributed by atoms with Crippen LogP contribution in [-0.4, -0.2) is 18.0 Å². The number of hydrogen-bond acceptors (Lipinski definition) is 3. The fourth-order valence-electron chi connectivity index (χ4n) is 2.49. The van der Waals surface area contributed by atoms with Gasteiger partial charge >= 0.3 is 0 Å². The van der Waals surface area contributed by atoms with Crippen LogP contribution in [0.25, 0.3) is 0 Å². The number of carbonyl (C=O) groups is 1. The summed E-state index contributed by atoms with van der Waals surface area (Å²) in [5, 5.41) is 3.07. The Morgan fingerprint density at radius 2 is 2.22 bits per heavy atom. The number of carbonyl (C=O) groups excluding carboxylic acids is 1. The van der Waals surface area contributed by atoms with Crippen LogP contribution in [0.2, 0.25) is 0 Å². The van der Waals surface area contributed by atoms with E-state index in [1.165, 1.54) is 12.8 Å². The van der Waals surface area contributed by atoms with Crippen molar-refractivity contribution in [3.8, 4) is 0 Å². The maximum Gasteiger partial charge on any atom is 0.220 e. The molecule has 1 aromatic heterocycles. The van der Waals surface area contributed by atoms with Crippen molar-refractivity contribution in [2.75, 3.05) is 0 Å². The van der Waals surface area contributed by atoms with Crippen molar-refractivity contribution >= 4 is 5.91 Å². The number of hydrogen-bond donors (Lipinski definition) is 2. The van der Waals surface area contributed by atoms with Crippen LogP contribution in [0.1, 0.15) is 44.3 Å². The van der Waals surface area contributed by atoms with Crippen molar-refractivity contribution in [1.29, 1.82) is 0 Å². The third-order valence-corrected chi connectivity index (χ3v) is 3.59.